The summed E-state index contributed by atoms with van der Waals surface area (Å²) < 4.78 is 0. The number of carbonyl (C=O) groups excluding carboxylic acids is 2. The van der Waals surface area contributed by atoms with E-state index in [2.05, 4.69) is 24.4 Å². The van der Waals surface area contributed by atoms with E-state index in [9.17, 15) is 9.59 Å². The third kappa shape index (κ3) is 5.44. The van der Waals surface area contributed by atoms with Crippen LogP contribution in [-0.2, 0) is 4.79 Å². The van der Waals surface area contributed by atoms with E-state index in [0.717, 1.165) is 37.1 Å². The van der Waals surface area contributed by atoms with E-state index >= 15 is 0 Å². The van der Waals surface area contributed by atoms with E-state index in [0.29, 0.717) is 24.8 Å². The van der Waals surface area contributed by atoms with Crippen molar-refractivity contribution >= 4 is 11.8 Å². The number of nitrogens with zero attached hydrogens (tertiary/aromatic N) is 1. The Balaban J connectivity index is 1.40. The number of likely N-dealkylation sites (tertiary alicyclic amines) is 1. The molecule has 148 valence electrons. The largest absolute Gasteiger partial charge is 0.355 e. The highest BCUT2D eigenvalue weighted by Gasteiger charge is 2.25. The quantitative estimate of drug-likeness (QED) is 0.821. The molecule has 1 saturated heterocycles. The number of rotatable bonds is 6. The van der Waals surface area contributed by atoms with Crippen LogP contribution in [0.3, 0.4) is 0 Å². The highest BCUT2D eigenvalue weighted by atomic mass is 16.2. The van der Waals surface area contributed by atoms with Crippen molar-refractivity contribution in [2.75, 3.05) is 19.6 Å². The van der Waals surface area contributed by atoms with Crippen LogP contribution in [-0.4, -0.2) is 36.3 Å². The van der Waals surface area contributed by atoms with Crippen LogP contribution < -0.4 is 5.32 Å². The standard InChI is InChI=1S/C24H30N2O2/c1-18-8-10-22(11-9-18)24(28)26-14-12-20(13-15-26)16-23(27)25-17-19(2)21-6-4-3-5-7-21/h3-11,19-20H,12-17H2,1-2H3,(H,25,27)/t19-/m0/s1. The van der Waals surface area contributed by atoms with Crippen LogP contribution in [0.15, 0.2) is 54.6 Å². The molecule has 0 unspecified atom stereocenters. The number of carbonyl (C=O) groups is 2. The van der Waals surface area contributed by atoms with Gasteiger partial charge in [0, 0.05) is 31.6 Å². The first kappa shape index (κ1) is 20.1. The summed E-state index contributed by atoms with van der Waals surface area (Å²) in [5, 5.41) is 3.07. The minimum absolute atomic E-state index is 0.0968. The SMILES string of the molecule is Cc1ccc(C(=O)N2CCC(CC(=O)NC[C@H](C)c3ccccc3)CC2)cc1. The molecule has 28 heavy (non-hydrogen) atoms. The van der Waals surface area contributed by atoms with Gasteiger partial charge < -0.3 is 10.2 Å². The highest BCUT2D eigenvalue weighted by molar-refractivity contribution is 5.94. The second-order valence-electron chi connectivity index (χ2n) is 7.92. The van der Waals surface area contributed by atoms with E-state index < -0.39 is 0 Å². The van der Waals surface area contributed by atoms with Crippen LogP contribution >= 0.6 is 0 Å². The third-order valence-corrected chi connectivity index (χ3v) is 5.65. The first-order chi connectivity index (χ1) is 13.5. The lowest BCUT2D eigenvalue weighted by Gasteiger charge is -2.32. The summed E-state index contributed by atoms with van der Waals surface area (Å²) in [6.45, 7) is 6.26. The maximum Gasteiger partial charge on any atom is 0.253 e. The van der Waals surface area contributed by atoms with Crippen LogP contribution in [0.2, 0.25) is 0 Å². The zero-order valence-corrected chi connectivity index (χ0v) is 16.9. The van der Waals surface area contributed by atoms with Crippen LogP contribution in [0.1, 0.15) is 53.6 Å². The van der Waals surface area contributed by atoms with Gasteiger partial charge in [0.15, 0.2) is 0 Å². The fourth-order valence-electron chi connectivity index (χ4n) is 3.72. The summed E-state index contributed by atoms with van der Waals surface area (Å²) in [6, 6.07) is 18.0. The summed E-state index contributed by atoms with van der Waals surface area (Å²) in [6.07, 6.45) is 2.33. The number of hydrogen-bond donors (Lipinski definition) is 1. The Morgan fingerprint density at radius 2 is 1.68 bits per heavy atom. The van der Waals surface area contributed by atoms with Crippen molar-refractivity contribution in [1.29, 1.82) is 0 Å². The van der Waals surface area contributed by atoms with E-state index in [1.807, 2.05) is 54.3 Å². The van der Waals surface area contributed by atoms with Gasteiger partial charge in [0.1, 0.15) is 0 Å². The van der Waals surface area contributed by atoms with Gasteiger partial charge in [-0.15, -0.1) is 0 Å². The Labute approximate surface area is 167 Å². The molecule has 4 heteroatoms. The molecule has 0 aromatic heterocycles. The zero-order valence-electron chi connectivity index (χ0n) is 16.9. The minimum Gasteiger partial charge on any atom is -0.355 e. The van der Waals surface area contributed by atoms with Gasteiger partial charge in [0.05, 0.1) is 0 Å². The van der Waals surface area contributed by atoms with Crippen molar-refractivity contribution in [2.24, 2.45) is 5.92 Å². The molecular formula is C24H30N2O2. The average molecular weight is 379 g/mol. The van der Waals surface area contributed by atoms with Gasteiger partial charge in [-0.25, -0.2) is 0 Å². The van der Waals surface area contributed by atoms with Gasteiger partial charge in [-0.3, -0.25) is 9.59 Å². The van der Waals surface area contributed by atoms with Gasteiger partial charge >= 0.3 is 0 Å². The summed E-state index contributed by atoms with van der Waals surface area (Å²) in [4.78, 5) is 26.8. The van der Waals surface area contributed by atoms with Gasteiger partial charge in [0.25, 0.3) is 5.91 Å². The van der Waals surface area contributed by atoms with E-state index in [1.54, 1.807) is 0 Å². The molecule has 1 heterocycles. The molecule has 0 saturated carbocycles. The fraction of sp³-hybridized carbons (Fsp3) is 0.417. The molecule has 0 spiro atoms. The fourth-order valence-corrected chi connectivity index (χ4v) is 3.72. The maximum absolute atomic E-state index is 12.6. The molecule has 0 radical (unpaired) electrons. The molecule has 2 aromatic rings. The first-order valence-corrected chi connectivity index (χ1v) is 10.2. The Morgan fingerprint density at radius 1 is 1.04 bits per heavy atom. The molecular weight excluding hydrogens is 348 g/mol. The number of nitrogens with one attached hydrogen (secondary N) is 1. The van der Waals surface area contributed by atoms with Gasteiger partial charge in [-0.05, 0) is 49.3 Å². The zero-order chi connectivity index (χ0) is 19.9. The smallest absolute Gasteiger partial charge is 0.253 e. The van der Waals surface area contributed by atoms with E-state index in [-0.39, 0.29) is 11.8 Å². The molecule has 0 aliphatic carbocycles. The van der Waals surface area contributed by atoms with Gasteiger partial charge in [0.2, 0.25) is 5.91 Å². The average Bonchev–Trinajstić information content (AvgIpc) is 2.73. The van der Waals surface area contributed by atoms with Crippen molar-refractivity contribution in [1.82, 2.24) is 10.2 Å². The third-order valence-electron chi connectivity index (χ3n) is 5.65. The number of aryl methyl sites for hydroxylation is 1. The normalized spacial score (nSPS) is 15.9. The lowest BCUT2D eigenvalue weighted by Crippen LogP contribution is -2.40. The highest BCUT2D eigenvalue weighted by Crippen LogP contribution is 2.22. The van der Waals surface area contributed by atoms with Crippen molar-refractivity contribution in [3.8, 4) is 0 Å². The lowest BCUT2D eigenvalue weighted by molar-refractivity contribution is -0.122. The maximum atomic E-state index is 12.6. The molecule has 4 nitrogen and oxygen atoms in total. The van der Waals surface area contributed by atoms with Crippen LogP contribution in [0.4, 0.5) is 0 Å². The molecule has 1 aliphatic heterocycles. The second-order valence-corrected chi connectivity index (χ2v) is 7.92. The molecule has 1 atom stereocenters. The van der Waals surface area contributed by atoms with E-state index in [1.165, 1.54) is 5.56 Å². The predicted molar refractivity (Wildman–Crippen MR) is 112 cm³/mol. The summed E-state index contributed by atoms with van der Waals surface area (Å²) in [5.41, 5.74) is 3.14. The second kappa shape index (κ2) is 9.54. The van der Waals surface area contributed by atoms with Crippen LogP contribution in [0.25, 0.3) is 0 Å². The first-order valence-electron chi connectivity index (χ1n) is 10.2. The number of hydrogen-bond acceptors (Lipinski definition) is 2. The number of piperidine rings is 1. The molecule has 3 rings (SSSR count). The Hall–Kier alpha value is -2.62. The molecule has 2 aromatic carbocycles. The molecule has 1 aliphatic rings. The Kier molecular flexibility index (Phi) is 6.85. The summed E-state index contributed by atoms with van der Waals surface area (Å²) in [7, 11) is 0. The Bertz CT molecular complexity index is 778. The van der Waals surface area contributed by atoms with E-state index in [4.69, 9.17) is 0 Å². The van der Waals surface area contributed by atoms with Gasteiger partial charge in [-0.2, -0.15) is 0 Å². The predicted octanol–water partition coefficient (Wildman–Crippen LogP) is 4.16. The van der Waals surface area contributed by atoms with Crippen molar-refractivity contribution in [2.45, 2.75) is 39.0 Å². The molecule has 1 N–H and O–H groups in total. The minimum atomic E-state index is 0.0968. The Morgan fingerprint density at radius 3 is 2.32 bits per heavy atom. The molecule has 2 amide bonds. The topological polar surface area (TPSA) is 49.4 Å². The lowest BCUT2D eigenvalue weighted by atomic mass is 9.92. The monoisotopic (exact) mass is 378 g/mol. The number of benzene rings is 2. The van der Waals surface area contributed by atoms with Gasteiger partial charge in [-0.1, -0.05) is 55.0 Å². The van der Waals surface area contributed by atoms with Crippen LogP contribution in [0.5, 0.6) is 0 Å². The van der Waals surface area contributed by atoms with Crippen molar-refractivity contribution in [3.05, 3.63) is 71.3 Å². The van der Waals surface area contributed by atoms with Crippen molar-refractivity contribution < 1.29 is 9.59 Å². The van der Waals surface area contributed by atoms with Crippen LogP contribution in [0, 0.1) is 12.8 Å². The molecule has 0 bridgehead atoms. The summed E-state index contributed by atoms with van der Waals surface area (Å²) in [5.74, 6) is 0.874. The molecule has 1 fully saturated rings. The number of amides is 2. The summed E-state index contributed by atoms with van der Waals surface area (Å²) >= 11 is 0. The van der Waals surface area contributed by atoms with Crippen molar-refractivity contribution in [3.63, 3.8) is 0 Å².